The van der Waals surface area contributed by atoms with Crippen LogP contribution in [0.4, 0.5) is 0 Å². The van der Waals surface area contributed by atoms with E-state index in [9.17, 15) is 4.79 Å². The maximum atomic E-state index is 13.4. The molecule has 0 bridgehead atoms. The summed E-state index contributed by atoms with van der Waals surface area (Å²) in [6.45, 7) is 4.03. The van der Waals surface area contributed by atoms with Crippen LogP contribution in [0.25, 0.3) is 60.8 Å². The zero-order valence-electron chi connectivity index (χ0n) is 21.0. The maximum Gasteiger partial charge on any atom is 0.345 e. The van der Waals surface area contributed by atoms with E-state index in [1.54, 1.807) is 0 Å². The Morgan fingerprint density at radius 3 is 2.26 bits per heavy atom. The second-order valence-electron chi connectivity index (χ2n) is 9.50. The fourth-order valence-electron chi connectivity index (χ4n) is 5.42. The fraction of sp³-hybridized carbons (Fsp3) is 0.0606. The molecule has 5 nitrogen and oxygen atoms in total. The average Bonchev–Trinajstić information content (AvgIpc) is 3.29. The molecule has 7 rings (SSSR count). The van der Waals surface area contributed by atoms with Crippen LogP contribution in [0.5, 0.6) is 0 Å². The van der Waals surface area contributed by atoms with Crippen molar-refractivity contribution in [3.05, 3.63) is 125 Å². The van der Waals surface area contributed by atoms with Crippen LogP contribution in [-0.4, -0.2) is 14.8 Å². The minimum Gasteiger partial charge on any atom is -0.422 e. The third-order valence-electron chi connectivity index (χ3n) is 7.19. The van der Waals surface area contributed by atoms with E-state index in [1.807, 2.05) is 103 Å². The van der Waals surface area contributed by atoms with Crippen LogP contribution in [0, 0.1) is 13.8 Å². The summed E-state index contributed by atoms with van der Waals surface area (Å²) in [6, 6.07) is 34.0. The topological polar surface area (TPSA) is 60.9 Å². The van der Waals surface area contributed by atoms with E-state index in [1.165, 1.54) is 0 Å². The first-order valence-electron chi connectivity index (χ1n) is 12.6. The van der Waals surface area contributed by atoms with Gasteiger partial charge in [-0.3, -0.25) is 0 Å². The number of aryl methyl sites for hydroxylation is 1. The van der Waals surface area contributed by atoms with Gasteiger partial charge < -0.3 is 4.42 Å². The lowest BCUT2D eigenvalue weighted by molar-refractivity contribution is 0.563. The molecule has 0 fully saturated rings. The number of hydrogen-bond donors (Lipinski definition) is 0. The normalized spacial score (nSPS) is 11.5. The van der Waals surface area contributed by atoms with Gasteiger partial charge in [0.05, 0.1) is 28.0 Å². The molecule has 0 spiro atoms. The van der Waals surface area contributed by atoms with Gasteiger partial charge >= 0.3 is 5.63 Å². The highest BCUT2D eigenvalue weighted by Crippen LogP contribution is 2.39. The summed E-state index contributed by atoms with van der Waals surface area (Å²) in [5.74, 6) is 0. The molecule has 0 radical (unpaired) electrons. The highest BCUT2D eigenvalue weighted by molar-refractivity contribution is 6.07. The number of hydrogen-bond acceptors (Lipinski definition) is 4. The van der Waals surface area contributed by atoms with Gasteiger partial charge in [0, 0.05) is 5.39 Å². The third kappa shape index (κ3) is 3.36. The van der Waals surface area contributed by atoms with Crippen LogP contribution in [-0.2, 0) is 0 Å². The average molecular weight is 494 g/mol. The van der Waals surface area contributed by atoms with Crippen molar-refractivity contribution >= 4 is 32.8 Å². The predicted molar refractivity (Wildman–Crippen MR) is 153 cm³/mol. The largest absolute Gasteiger partial charge is 0.422 e. The van der Waals surface area contributed by atoms with Gasteiger partial charge in [-0.15, -0.1) is 0 Å². The molecular weight excluding hydrogens is 470 g/mol. The van der Waals surface area contributed by atoms with Crippen molar-refractivity contribution < 1.29 is 4.42 Å². The Labute approximate surface area is 218 Å². The van der Waals surface area contributed by atoms with Crippen molar-refractivity contribution in [1.29, 1.82) is 0 Å². The van der Waals surface area contributed by atoms with Crippen molar-refractivity contribution in [1.82, 2.24) is 14.8 Å². The summed E-state index contributed by atoms with van der Waals surface area (Å²) in [5.41, 5.74) is 6.63. The molecule has 0 saturated heterocycles. The lowest BCUT2D eigenvalue weighted by atomic mass is 9.93. The molecule has 7 aromatic rings. The van der Waals surface area contributed by atoms with E-state index < -0.39 is 5.63 Å². The SMILES string of the molecule is Cc1c(-c2cc3c(ccc4ccccc43)oc2=O)nc2c(c(C)nn2-c2ccccc2)c1-c1ccccc1. The van der Waals surface area contributed by atoms with Gasteiger partial charge in [-0.05, 0) is 65.6 Å². The van der Waals surface area contributed by atoms with Crippen molar-refractivity contribution in [2.45, 2.75) is 13.8 Å². The van der Waals surface area contributed by atoms with E-state index in [4.69, 9.17) is 14.5 Å². The zero-order valence-corrected chi connectivity index (χ0v) is 21.0. The lowest BCUT2D eigenvalue weighted by Crippen LogP contribution is -2.07. The van der Waals surface area contributed by atoms with Gasteiger partial charge in [0.2, 0.25) is 0 Å². The Morgan fingerprint density at radius 2 is 1.47 bits per heavy atom. The summed E-state index contributed by atoms with van der Waals surface area (Å²) < 4.78 is 7.73. The van der Waals surface area contributed by atoms with Crippen LogP contribution in [0.15, 0.2) is 112 Å². The molecular formula is C33H23N3O2. The van der Waals surface area contributed by atoms with Gasteiger partial charge in [-0.1, -0.05) is 78.9 Å². The van der Waals surface area contributed by atoms with Gasteiger partial charge in [-0.25, -0.2) is 14.5 Å². The Balaban J connectivity index is 1.61. The van der Waals surface area contributed by atoms with E-state index >= 15 is 0 Å². The standard InChI is InChI=1S/C33H23N3O2/c1-20-29(23-12-5-3-6-13-23)30-21(2)35-36(24-14-7-4-8-15-24)32(30)34-31(20)27-19-26-25-16-10-9-11-22(25)17-18-28(26)38-33(27)37/h3-19H,1-2H3. The van der Waals surface area contributed by atoms with E-state index in [-0.39, 0.29) is 0 Å². The van der Waals surface area contributed by atoms with Crippen LogP contribution >= 0.6 is 0 Å². The van der Waals surface area contributed by atoms with E-state index in [0.29, 0.717) is 22.5 Å². The molecule has 182 valence electrons. The smallest absolute Gasteiger partial charge is 0.345 e. The quantitative estimate of drug-likeness (QED) is 0.188. The van der Waals surface area contributed by atoms with Crippen molar-refractivity contribution in [2.75, 3.05) is 0 Å². The van der Waals surface area contributed by atoms with E-state index in [2.05, 4.69) is 18.2 Å². The Hall–Kier alpha value is -5.03. The first-order valence-corrected chi connectivity index (χ1v) is 12.6. The Morgan fingerprint density at radius 1 is 0.763 bits per heavy atom. The number of fused-ring (bicyclic) bond motifs is 4. The van der Waals surface area contributed by atoms with Crippen LogP contribution < -0.4 is 5.63 Å². The summed E-state index contributed by atoms with van der Waals surface area (Å²) in [7, 11) is 0. The molecule has 4 aromatic carbocycles. The second kappa shape index (κ2) is 8.53. The molecule has 0 aliphatic carbocycles. The van der Waals surface area contributed by atoms with Gasteiger partial charge in [0.15, 0.2) is 5.65 Å². The number of para-hydroxylation sites is 1. The monoisotopic (exact) mass is 493 g/mol. The molecule has 38 heavy (non-hydrogen) atoms. The molecule has 0 aliphatic heterocycles. The summed E-state index contributed by atoms with van der Waals surface area (Å²) in [5, 5.41) is 8.86. The van der Waals surface area contributed by atoms with Gasteiger partial charge in [0.25, 0.3) is 0 Å². The first kappa shape index (κ1) is 22.2. The Kier molecular flexibility index (Phi) is 4.98. The Bertz CT molecular complexity index is 2060. The number of benzene rings is 4. The zero-order chi connectivity index (χ0) is 25.8. The number of aromatic nitrogens is 3. The van der Waals surface area contributed by atoms with Crippen LogP contribution in [0.1, 0.15) is 11.3 Å². The summed E-state index contributed by atoms with van der Waals surface area (Å²) in [6.07, 6.45) is 0. The van der Waals surface area contributed by atoms with Crippen molar-refractivity contribution in [3.63, 3.8) is 0 Å². The summed E-state index contributed by atoms with van der Waals surface area (Å²) >= 11 is 0. The van der Waals surface area contributed by atoms with Crippen molar-refractivity contribution in [3.8, 4) is 28.1 Å². The molecule has 0 aliphatic rings. The second-order valence-corrected chi connectivity index (χ2v) is 9.50. The highest BCUT2D eigenvalue weighted by Gasteiger charge is 2.23. The fourth-order valence-corrected chi connectivity index (χ4v) is 5.42. The number of pyridine rings is 1. The molecule has 5 heteroatoms. The molecule has 0 unspecified atom stereocenters. The molecule has 0 amide bonds. The minimum absolute atomic E-state index is 0.413. The molecule has 3 heterocycles. The summed E-state index contributed by atoms with van der Waals surface area (Å²) in [4.78, 5) is 18.6. The molecule has 0 N–H and O–H groups in total. The van der Waals surface area contributed by atoms with Gasteiger partial charge in [0.1, 0.15) is 5.58 Å². The predicted octanol–water partition coefficient (Wildman–Crippen LogP) is 7.63. The molecule has 3 aromatic heterocycles. The first-order chi connectivity index (χ1) is 18.6. The lowest BCUT2D eigenvalue weighted by Gasteiger charge is -2.14. The maximum absolute atomic E-state index is 13.4. The molecule has 0 saturated carbocycles. The minimum atomic E-state index is -0.413. The van der Waals surface area contributed by atoms with Crippen LogP contribution in [0.3, 0.4) is 0 Å². The molecule has 0 atom stereocenters. The van der Waals surface area contributed by atoms with Crippen LogP contribution in [0.2, 0.25) is 0 Å². The van der Waals surface area contributed by atoms with Gasteiger partial charge in [-0.2, -0.15) is 5.10 Å². The van der Waals surface area contributed by atoms with Crippen molar-refractivity contribution in [2.24, 2.45) is 0 Å². The number of rotatable bonds is 3. The number of nitrogens with zero attached hydrogens (tertiary/aromatic N) is 3. The third-order valence-corrected chi connectivity index (χ3v) is 7.19. The highest BCUT2D eigenvalue weighted by atomic mass is 16.4. The van der Waals surface area contributed by atoms with E-state index in [0.717, 1.165) is 49.6 Å².